The molecule has 27 heavy (non-hydrogen) atoms. The fourth-order valence-corrected chi connectivity index (χ4v) is 8.13. The van der Waals surface area contributed by atoms with Crippen LogP contribution in [0.25, 0.3) is 0 Å². The second-order valence-electron chi connectivity index (χ2n) is 9.72. The lowest BCUT2D eigenvalue weighted by atomic mass is 9.47. The largest absolute Gasteiger partial charge is 0.451 e. The van der Waals surface area contributed by atoms with Crippen LogP contribution in [0, 0.1) is 35.0 Å². The van der Waals surface area contributed by atoms with Crippen molar-refractivity contribution in [2.75, 3.05) is 0 Å². The Kier molecular flexibility index (Phi) is 3.86. The van der Waals surface area contributed by atoms with Crippen LogP contribution >= 0.6 is 0 Å². The van der Waals surface area contributed by atoms with E-state index >= 15 is 0 Å². The molecule has 3 fully saturated rings. The summed E-state index contributed by atoms with van der Waals surface area (Å²) in [5.74, 6) is 3.27. The molecular formula is C23H31NO3. The second kappa shape index (κ2) is 5.96. The van der Waals surface area contributed by atoms with E-state index in [4.69, 9.17) is 4.74 Å². The van der Waals surface area contributed by atoms with Gasteiger partial charge in [0.1, 0.15) is 5.60 Å². The minimum Gasteiger partial charge on any atom is -0.451 e. The second-order valence-corrected chi connectivity index (χ2v) is 9.72. The predicted molar refractivity (Wildman–Crippen MR) is 103 cm³/mol. The van der Waals surface area contributed by atoms with Gasteiger partial charge in [-0.05, 0) is 93.1 Å². The highest BCUT2D eigenvalue weighted by Gasteiger charge is 2.66. The topological polar surface area (TPSA) is 58.9 Å². The van der Waals surface area contributed by atoms with Crippen molar-refractivity contribution < 1.29 is 14.7 Å². The molecule has 0 aromatic rings. The van der Waals surface area contributed by atoms with Gasteiger partial charge < -0.3 is 9.94 Å². The third-order valence-corrected chi connectivity index (χ3v) is 9.06. The number of rotatable bonds is 1. The van der Waals surface area contributed by atoms with Crippen LogP contribution < -0.4 is 0 Å². The summed E-state index contributed by atoms with van der Waals surface area (Å²) in [6.45, 7) is 4.73. The minimum atomic E-state index is -0.340. The van der Waals surface area contributed by atoms with Crippen LogP contribution in [0.4, 0.5) is 0 Å². The Morgan fingerprint density at radius 2 is 2.15 bits per heavy atom. The molecule has 4 nitrogen and oxygen atoms in total. The van der Waals surface area contributed by atoms with Crippen molar-refractivity contribution in [1.82, 2.24) is 0 Å². The maximum atomic E-state index is 12.0. The molecule has 3 saturated carbocycles. The molecule has 1 spiro atoms. The maximum Gasteiger partial charge on any atom is 0.331 e. The van der Waals surface area contributed by atoms with Gasteiger partial charge in [0.2, 0.25) is 0 Å². The van der Waals surface area contributed by atoms with E-state index in [1.54, 1.807) is 6.08 Å². The first-order valence-corrected chi connectivity index (χ1v) is 10.9. The monoisotopic (exact) mass is 369 g/mol. The molecule has 0 saturated heterocycles. The summed E-state index contributed by atoms with van der Waals surface area (Å²) in [6.07, 6.45) is 14.8. The molecule has 4 heteroatoms. The number of allylic oxidation sites excluding steroid dienone is 2. The fraction of sp³-hybridized carbons (Fsp3) is 0.739. The highest BCUT2D eigenvalue weighted by atomic mass is 16.6. The number of hydrogen-bond donors (Lipinski definition) is 1. The number of esters is 1. The highest BCUT2D eigenvalue weighted by Crippen LogP contribution is 2.68. The van der Waals surface area contributed by atoms with E-state index in [9.17, 15) is 10.0 Å². The number of carbonyl (C=O) groups excluding carboxylic acids is 1. The van der Waals surface area contributed by atoms with E-state index in [0.717, 1.165) is 49.7 Å². The molecule has 5 aliphatic rings. The van der Waals surface area contributed by atoms with Crippen LogP contribution in [-0.4, -0.2) is 22.5 Å². The van der Waals surface area contributed by atoms with Crippen molar-refractivity contribution in [3.63, 3.8) is 0 Å². The first kappa shape index (κ1) is 17.5. The molecule has 4 unspecified atom stereocenters. The molecule has 0 bridgehead atoms. The van der Waals surface area contributed by atoms with Gasteiger partial charge >= 0.3 is 5.97 Å². The molecule has 0 amide bonds. The standard InChI is InChI=1S/C23H31NO3/c1-3-22-9-6-18-17-5-4-16(24-26)13-15(17)12-14(2)21(18)19(22)7-10-23(22)11-8-20(25)27-23/h8,11,13-14,17-19,21,26H,3-7,9-10,12H2,1-2H3/t14?,17-,18?,19?,21?,22-,23+/m0/s1. The Labute approximate surface area is 161 Å². The van der Waals surface area contributed by atoms with E-state index in [1.165, 1.54) is 24.8 Å². The fourth-order valence-electron chi connectivity index (χ4n) is 8.13. The third kappa shape index (κ3) is 2.22. The molecule has 1 N–H and O–H groups in total. The van der Waals surface area contributed by atoms with Gasteiger partial charge in [-0.25, -0.2) is 4.79 Å². The zero-order valence-electron chi connectivity index (χ0n) is 16.5. The summed E-state index contributed by atoms with van der Waals surface area (Å²) < 4.78 is 6.02. The SMILES string of the molecule is CC[C@]12CCC3C(C(C)CC4=CC(=NO)CC[C@@H]43)C1CC[C@@]21C=CC(=O)O1. The van der Waals surface area contributed by atoms with Crippen molar-refractivity contribution in [1.29, 1.82) is 0 Å². The van der Waals surface area contributed by atoms with Gasteiger partial charge in [0.15, 0.2) is 0 Å². The molecule has 0 aromatic heterocycles. The Hall–Kier alpha value is -1.58. The van der Waals surface area contributed by atoms with E-state index in [0.29, 0.717) is 17.8 Å². The van der Waals surface area contributed by atoms with Crippen LogP contribution in [0.1, 0.15) is 65.2 Å². The van der Waals surface area contributed by atoms with Crippen molar-refractivity contribution in [3.05, 3.63) is 23.8 Å². The first-order chi connectivity index (χ1) is 13.0. The van der Waals surface area contributed by atoms with Crippen molar-refractivity contribution in [2.45, 2.75) is 70.8 Å². The van der Waals surface area contributed by atoms with Gasteiger partial charge in [-0.15, -0.1) is 0 Å². The van der Waals surface area contributed by atoms with Gasteiger partial charge in [-0.2, -0.15) is 0 Å². The van der Waals surface area contributed by atoms with Crippen LogP contribution in [0.5, 0.6) is 0 Å². The highest BCUT2D eigenvalue weighted by molar-refractivity contribution is 5.96. The summed E-state index contributed by atoms with van der Waals surface area (Å²) >= 11 is 0. The van der Waals surface area contributed by atoms with Crippen molar-refractivity contribution in [3.8, 4) is 0 Å². The van der Waals surface area contributed by atoms with E-state index < -0.39 is 0 Å². The normalized spacial score (nSPS) is 49.6. The molecule has 1 heterocycles. The zero-order valence-corrected chi connectivity index (χ0v) is 16.5. The summed E-state index contributed by atoms with van der Waals surface area (Å²) in [5, 5.41) is 12.7. The third-order valence-electron chi connectivity index (χ3n) is 9.06. The molecule has 146 valence electrons. The van der Waals surface area contributed by atoms with Gasteiger partial charge in [0.05, 0.1) is 5.71 Å². The van der Waals surface area contributed by atoms with Gasteiger partial charge in [0.25, 0.3) is 0 Å². The van der Waals surface area contributed by atoms with Crippen LogP contribution in [0.2, 0.25) is 0 Å². The first-order valence-electron chi connectivity index (χ1n) is 10.9. The Balaban J connectivity index is 1.51. The zero-order chi connectivity index (χ0) is 18.8. The van der Waals surface area contributed by atoms with Crippen molar-refractivity contribution in [2.24, 2.45) is 40.2 Å². The molecule has 5 rings (SSSR count). The Morgan fingerprint density at radius 3 is 2.85 bits per heavy atom. The van der Waals surface area contributed by atoms with E-state index in [2.05, 4.69) is 31.2 Å². The number of oxime groups is 1. The van der Waals surface area contributed by atoms with Gasteiger partial charge in [0, 0.05) is 11.5 Å². The Bertz CT molecular complexity index is 753. The van der Waals surface area contributed by atoms with Gasteiger partial charge in [-0.3, -0.25) is 0 Å². The average Bonchev–Trinajstić information content (AvgIpc) is 3.22. The lowest BCUT2D eigenvalue weighted by Gasteiger charge is -2.58. The van der Waals surface area contributed by atoms with Gasteiger partial charge in [-0.1, -0.05) is 24.6 Å². The number of carbonyl (C=O) groups is 1. The van der Waals surface area contributed by atoms with Crippen LogP contribution in [-0.2, 0) is 9.53 Å². The predicted octanol–water partition coefficient (Wildman–Crippen LogP) is 4.88. The van der Waals surface area contributed by atoms with E-state index in [-0.39, 0.29) is 17.0 Å². The lowest BCUT2D eigenvalue weighted by Crippen LogP contribution is -2.55. The lowest BCUT2D eigenvalue weighted by molar-refractivity contribution is -0.166. The Morgan fingerprint density at radius 1 is 1.30 bits per heavy atom. The number of hydrogen-bond acceptors (Lipinski definition) is 4. The van der Waals surface area contributed by atoms with Crippen molar-refractivity contribution >= 4 is 11.7 Å². The number of ether oxygens (including phenoxy) is 1. The molecule has 1 aliphatic heterocycles. The van der Waals surface area contributed by atoms with Crippen LogP contribution in [0.3, 0.4) is 0 Å². The minimum absolute atomic E-state index is 0.124. The van der Waals surface area contributed by atoms with Crippen LogP contribution in [0.15, 0.2) is 29.0 Å². The smallest absolute Gasteiger partial charge is 0.331 e. The summed E-state index contributed by atoms with van der Waals surface area (Å²) in [6, 6.07) is 0. The summed E-state index contributed by atoms with van der Waals surface area (Å²) in [7, 11) is 0. The molecule has 4 aliphatic carbocycles. The summed E-state index contributed by atoms with van der Waals surface area (Å²) in [5.41, 5.74) is 2.16. The number of fused-ring (bicyclic) bond motifs is 6. The average molecular weight is 370 g/mol. The molecule has 7 atom stereocenters. The molecule has 0 radical (unpaired) electrons. The van der Waals surface area contributed by atoms with E-state index in [1.807, 2.05) is 0 Å². The maximum absolute atomic E-state index is 12.0. The molecule has 0 aromatic carbocycles. The quantitative estimate of drug-likeness (QED) is 0.407. The summed E-state index contributed by atoms with van der Waals surface area (Å²) in [4.78, 5) is 12.0. The molecular weight excluding hydrogens is 338 g/mol. The number of nitrogens with zero attached hydrogens (tertiary/aromatic N) is 1.